The summed E-state index contributed by atoms with van der Waals surface area (Å²) in [4.78, 5) is 12.8. The van der Waals surface area contributed by atoms with Gasteiger partial charge in [-0.15, -0.1) is 11.3 Å². The van der Waals surface area contributed by atoms with Gasteiger partial charge in [0.1, 0.15) is 10.6 Å². The summed E-state index contributed by atoms with van der Waals surface area (Å²) in [6.45, 7) is 1.87. The summed E-state index contributed by atoms with van der Waals surface area (Å²) < 4.78 is 34.0. The molecule has 1 N–H and O–H groups in total. The van der Waals surface area contributed by atoms with Crippen LogP contribution in [0.3, 0.4) is 0 Å². The number of sulfonamides is 1. The number of carbonyl (C=O) groups is 1. The van der Waals surface area contributed by atoms with Crippen LogP contribution in [0.25, 0.3) is 21.9 Å². The van der Waals surface area contributed by atoms with E-state index in [1.165, 1.54) is 0 Å². The van der Waals surface area contributed by atoms with Crippen LogP contribution in [0, 0.1) is 0 Å². The van der Waals surface area contributed by atoms with E-state index in [0.717, 1.165) is 27.7 Å². The molecule has 5 nitrogen and oxygen atoms in total. The lowest BCUT2D eigenvalue weighted by atomic mass is 10.0. The highest BCUT2D eigenvalue weighted by Crippen LogP contribution is 2.38. The van der Waals surface area contributed by atoms with Crippen LogP contribution in [0.4, 0.5) is 5.00 Å². The highest BCUT2D eigenvalue weighted by atomic mass is 35.5. The van der Waals surface area contributed by atoms with E-state index in [9.17, 15) is 13.2 Å². The number of halogens is 1. The highest BCUT2D eigenvalue weighted by molar-refractivity contribution is 7.93. The Hall–Kier alpha value is -2.87. The lowest BCUT2D eigenvalue weighted by molar-refractivity contribution is 0.0529. The Bertz CT molecular complexity index is 1360. The maximum absolute atomic E-state index is 13.1. The Kier molecular flexibility index (Phi) is 6.00. The summed E-state index contributed by atoms with van der Waals surface area (Å²) in [5.41, 5.74) is 1.50. The molecule has 0 unspecified atom stereocenters. The summed E-state index contributed by atoms with van der Waals surface area (Å²) in [6, 6.07) is 19.4. The maximum atomic E-state index is 13.1. The molecular formula is C23H18ClNO4S2. The predicted octanol–water partition coefficient (Wildman–Crippen LogP) is 6.20. The molecule has 0 saturated carbocycles. The number of nitrogens with one attached hydrogen (secondary N) is 1. The first-order valence-electron chi connectivity index (χ1n) is 9.45. The second-order valence-corrected chi connectivity index (χ2v) is 9.69. The molecule has 0 aliphatic heterocycles. The fourth-order valence-corrected chi connectivity index (χ4v) is 5.64. The number of benzene rings is 3. The van der Waals surface area contributed by atoms with E-state index in [1.807, 2.05) is 24.3 Å². The van der Waals surface area contributed by atoms with Crippen LogP contribution in [0.5, 0.6) is 0 Å². The van der Waals surface area contributed by atoms with Gasteiger partial charge in [0.15, 0.2) is 0 Å². The van der Waals surface area contributed by atoms with E-state index in [1.54, 1.807) is 54.8 Å². The molecule has 0 spiro atoms. The smallest absolute Gasteiger partial charge is 0.341 e. The Morgan fingerprint density at radius 2 is 1.74 bits per heavy atom. The molecule has 3 aromatic carbocycles. The van der Waals surface area contributed by atoms with Crippen LogP contribution in [-0.2, 0) is 14.8 Å². The number of ether oxygens (including phenoxy) is 1. The van der Waals surface area contributed by atoms with Gasteiger partial charge in [-0.3, -0.25) is 4.72 Å². The first-order valence-corrected chi connectivity index (χ1v) is 12.2. The van der Waals surface area contributed by atoms with Crippen molar-refractivity contribution in [2.24, 2.45) is 0 Å². The molecule has 158 valence electrons. The van der Waals surface area contributed by atoms with Crippen molar-refractivity contribution in [1.29, 1.82) is 0 Å². The molecule has 1 heterocycles. The Labute approximate surface area is 189 Å². The van der Waals surface area contributed by atoms with Crippen molar-refractivity contribution in [1.82, 2.24) is 0 Å². The molecular weight excluding hydrogens is 454 g/mol. The quantitative estimate of drug-likeness (QED) is 0.340. The third-order valence-electron chi connectivity index (χ3n) is 4.68. The number of fused-ring (bicyclic) bond motifs is 1. The van der Waals surface area contributed by atoms with Gasteiger partial charge in [-0.25, -0.2) is 13.2 Å². The number of esters is 1. The second kappa shape index (κ2) is 8.70. The van der Waals surface area contributed by atoms with Crippen molar-refractivity contribution >= 4 is 54.7 Å². The van der Waals surface area contributed by atoms with Gasteiger partial charge in [-0.05, 0) is 47.5 Å². The van der Waals surface area contributed by atoms with Gasteiger partial charge >= 0.3 is 5.97 Å². The summed E-state index contributed by atoms with van der Waals surface area (Å²) in [5.74, 6) is -0.593. The number of hydrogen-bond acceptors (Lipinski definition) is 5. The zero-order valence-corrected chi connectivity index (χ0v) is 18.9. The van der Waals surface area contributed by atoms with E-state index >= 15 is 0 Å². The number of thiophene rings is 1. The Balaban J connectivity index is 1.76. The van der Waals surface area contributed by atoms with Crippen molar-refractivity contribution in [3.63, 3.8) is 0 Å². The zero-order valence-electron chi connectivity index (χ0n) is 16.5. The van der Waals surface area contributed by atoms with Crippen molar-refractivity contribution in [2.75, 3.05) is 11.3 Å². The number of anilines is 1. The van der Waals surface area contributed by atoms with Crippen LogP contribution >= 0.6 is 22.9 Å². The maximum Gasteiger partial charge on any atom is 0.341 e. The monoisotopic (exact) mass is 471 g/mol. The average Bonchev–Trinajstić information content (AvgIpc) is 3.17. The standard InChI is InChI=1S/C23H18ClNO4S2/c1-2-29-23(26)21-20(16-7-10-18(24)11-8-16)14-30-22(21)25-31(27,28)19-12-9-15-5-3-4-6-17(15)13-19/h3-14,25H,2H2,1H3. The van der Waals surface area contributed by atoms with Gasteiger partial charge < -0.3 is 4.74 Å². The lowest BCUT2D eigenvalue weighted by Gasteiger charge is -2.11. The van der Waals surface area contributed by atoms with E-state index < -0.39 is 16.0 Å². The molecule has 0 aliphatic carbocycles. The van der Waals surface area contributed by atoms with Crippen molar-refractivity contribution in [3.8, 4) is 11.1 Å². The van der Waals surface area contributed by atoms with Gasteiger partial charge in [0.25, 0.3) is 10.0 Å². The van der Waals surface area contributed by atoms with E-state index in [-0.39, 0.29) is 22.1 Å². The Morgan fingerprint density at radius 3 is 2.45 bits per heavy atom. The molecule has 0 saturated heterocycles. The van der Waals surface area contributed by atoms with Crippen molar-refractivity contribution < 1.29 is 17.9 Å². The fourth-order valence-electron chi connectivity index (χ4n) is 3.20. The topological polar surface area (TPSA) is 72.5 Å². The van der Waals surface area contributed by atoms with E-state index in [4.69, 9.17) is 16.3 Å². The number of hydrogen-bond donors (Lipinski definition) is 1. The van der Waals surface area contributed by atoms with Crippen molar-refractivity contribution in [3.05, 3.63) is 82.7 Å². The second-order valence-electron chi connectivity index (χ2n) is 6.70. The summed E-state index contributed by atoms with van der Waals surface area (Å²) in [7, 11) is -3.92. The average molecular weight is 472 g/mol. The van der Waals surface area contributed by atoms with Gasteiger partial charge in [-0.2, -0.15) is 0 Å². The van der Waals surface area contributed by atoms with Crippen LogP contribution in [-0.4, -0.2) is 21.0 Å². The molecule has 0 atom stereocenters. The van der Waals surface area contributed by atoms with Gasteiger partial charge in [0, 0.05) is 16.0 Å². The summed E-state index contributed by atoms with van der Waals surface area (Å²) in [6.07, 6.45) is 0. The van der Waals surface area contributed by atoms with E-state index in [0.29, 0.717) is 10.6 Å². The van der Waals surface area contributed by atoms with Crippen LogP contribution in [0.15, 0.2) is 77.0 Å². The van der Waals surface area contributed by atoms with Crippen LogP contribution in [0.2, 0.25) is 5.02 Å². The Morgan fingerprint density at radius 1 is 1.03 bits per heavy atom. The fraction of sp³-hybridized carbons (Fsp3) is 0.0870. The van der Waals surface area contributed by atoms with E-state index in [2.05, 4.69) is 4.72 Å². The molecule has 4 rings (SSSR count). The lowest BCUT2D eigenvalue weighted by Crippen LogP contribution is -2.15. The zero-order chi connectivity index (χ0) is 22.0. The highest BCUT2D eigenvalue weighted by Gasteiger charge is 2.25. The SMILES string of the molecule is CCOC(=O)c1c(-c2ccc(Cl)cc2)csc1NS(=O)(=O)c1ccc2ccccc2c1. The minimum atomic E-state index is -3.92. The molecule has 0 fully saturated rings. The normalized spacial score (nSPS) is 11.4. The summed E-state index contributed by atoms with van der Waals surface area (Å²) in [5, 5.41) is 4.25. The molecule has 0 bridgehead atoms. The molecule has 1 aromatic heterocycles. The minimum Gasteiger partial charge on any atom is -0.462 e. The first-order chi connectivity index (χ1) is 14.9. The van der Waals surface area contributed by atoms with Gasteiger partial charge in [0.2, 0.25) is 0 Å². The van der Waals surface area contributed by atoms with Crippen LogP contribution in [0.1, 0.15) is 17.3 Å². The van der Waals surface area contributed by atoms with Crippen molar-refractivity contribution in [2.45, 2.75) is 11.8 Å². The molecule has 8 heteroatoms. The molecule has 0 radical (unpaired) electrons. The van der Waals surface area contributed by atoms with Gasteiger partial charge in [0.05, 0.1) is 11.5 Å². The number of rotatable bonds is 6. The third-order valence-corrected chi connectivity index (χ3v) is 7.31. The van der Waals surface area contributed by atoms with Crippen LogP contribution < -0.4 is 4.72 Å². The molecule has 0 amide bonds. The predicted molar refractivity (Wildman–Crippen MR) is 125 cm³/mol. The minimum absolute atomic E-state index is 0.113. The molecule has 31 heavy (non-hydrogen) atoms. The van der Waals surface area contributed by atoms with Gasteiger partial charge in [-0.1, -0.05) is 54.1 Å². The molecule has 0 aliphatic rings. The first kappa shape index (κ1) is 21.4. The largest absolute Gasteiger partial charge is 0.462 e. The number of carbonyl (C=O) groups excluding carboxylic acids is 1. The molecule has 4 aromatic rings. The summed E-state index contributed by atoms with van der Waals surface area (Å²) >= 11 is 7.10. The third kappa shape index (κ3) is 4.44.